The normalized spacial score (nSPS) is 11.4. The summed E-state index contributed by atoms with van der Waals surface area (Å²) in [5.41, 5.74) is 0.145. The third-order valence-corrected chi connectivity index (χ3v) is 2.92. The van der Waals surface area contributed by atoms with Crippen molar-refractivity contribution in [3.63, 3.8) is 0 Å². The molecule has 0 bridgehead atoms. The molecule has 0 saturated heterocycles. The fourth-order valence-corrected chi connectivity index (χ4v) is 1.81. The summed E-state index contributed by atoms with van der Waals surface area (Å²) in [7, 11) is 0. The molecule has 0 unspecified atom stereocenters. The number of anilines is 1. The monoisotopic (exact) mass is 301 g/mol. The summed E-state index contributed by atoms with van der Waals surface area (Å²) in [5, 5.41) is 3.07. The van der Waals surface area contributed by atoms with Crippen LogP contribution in [0.1, 0.15) is 17.1 Å². The summed E-state index contributed by atoms with van der Waals surface area (Å²) in [6, 6.07) is 4.83. The fraction of sp³-hybridized carbons (Fsp3) is 0.231. The van der Waals surface area contributed by atoms with Crippen LogP contribution in [0.15, 0.2) is 30.5 Å². The molecule has 1 aromatic carbocycles. The van der Waals surface area contributed by atoms with Crippen LogP contribution in [0.5, 0.6) is 0 Å². The fourth-order valence-electron chi connectivity index (χ4n) is 1.63. The molecule has 0 fully saturated rings. The second-order valence-electron chi connectivity index (χ2n) is 4.14. The maximum Gasteiger partial charge on any atom is 0.416 e. The summed E-state index contributed by atoms with van der Waals surface area (Å²) in [6.45, 7) is 2.01. The highest BCUT2D eigenvalue weighted by Gasteiger charge is 2.30. The van der Waals surface area contributed by atoms with Crippen LogP contribution in [0.4, 0.5) is 18.9 Å². The highest BCUT2D eigenvalue weighted by Crippen LogP contribution is 2.33. The molecule has 106 valence electrons. The van der Waals surface area contributed by atoms with Crippen LogP contribution in [-0.4, -0.2) is 9.97 Å². The van der Waals surface area contributed by atoms with Crippen LogP contribution in [-0.2, 0) is 12.7 Å². The summed E-state index contributed by atoms with van der Waals surface area (Å²) >= 11 is 5.88. The molecular formula is C13H11ClF3N3. The minimum atomic E-state index is -4.40. The van der Waals surface area contributed by atoms with Gasteiger partial charge in [0.2, 0.25) is 0 Å². The van der Waals surface area contributed by atoms with Gasteiger partial charge in [0.1, 0.15) is 5.82 Å². The molecule has 0 amide bonds. The number of nitrogens with zero attached hydrogens (tertiary/aromatic N) is 2. The van der Waals surface area contributed by atoms with Crippen molar-refractivity contribution in [1.29, 1.82) is 0 Å². The minimum absolute atomic E-state index is 0.220. The van der Waals surface area contributed by atoms with Gasteiger partial charge in [-0.05, 0) is 31.2 Å². The van der Waals surface area contributed by atoms with Crippen LogP contribution in [0.3, 0.4) is 0 Å². The van der Waals surface area contributed by atoms with Gasteiger partial charge in [-0.3, -0.25) is 0 Å². The van der Waals surface area contributed by atoms with Crippen molar-refractivity contribution in [2.45, 2.75) is 19.6 Å². The number of hydrogen-bond acceptors (Lipinski definition) is 3. The Balaban J connectivity index is 2.17. The Hall–Kier alpha value is -1.82. The molecule has 3 nitrogen and oxygen atoms in total. The topological polar surface area (TPSA) is 37.8 Å². The highest BCUT2D eigenvalue weighted by molar-refractivity contribution is 6.33. The quantitative estimate of drug-likeness (QED) is 0.928. The Bertz CT molecular complexity index is 614. The van der Waals surface area contributed by atoms with E-state index in [4.69, 9.17) is 11.6 Å². The van der Waals surface area contributed by atoms with Crippen molar-refractivity contribution in [2.75, 3.05) is 5.32 Å². The van der Waals surface area contributed by atoms with Gasteiger partial charge in [0, 0.05) is 6.20 Å². The highest BCUT2D eigenvalue weighted by atomic mass is 35.5. The van der Waals surface area contributed by atoms with E-state index in [1.165, 1.54) is 6.07 Å². The first-order valence-electron chi connectivity index (χ1n) is 5.75. The van der Waals surface area contributed by atoms with Gasteiger partial charge in [0.15, 0.2) is 0 Å². The number of rotatable bonds is 3. The molecule has 0 spiro atoms. The Morgan fingerprint density at radius 1 is 1.25 bits per heavy atom. The van der Waals surface area contributed by atoms with Crippen molar-refractivity contribution in [3.05, 3.63) is 52.6 Å². The first kappa shape index (κ1) is 14.6. The second-order valence-corrected chi connectivity index (χ2v) is 4.55. The number of hydrogen-bond donors (Lipinski definition) is 1. The summed E-state index contributed by atoms with van der Waals surface area (Å²) in [6.07, 6.45) is -2.81. The zero-order valence-electron chi connectivity index (χ0n) is 10.5. The average Bonchev–Trinajstić information content (AvgIpc) is 2.36. The first-order valence-corrected chi connectivity index (χ1v) is 6.13. The van der Waals surface area contributed by atoms with Crippen molar-refractivity contribution in [2.24, 2.45) is 0 Å². The Kier molecular flexibility index (Phi) is 4.13. The van der Waals surface area contributed by atoms with Gasteiger partial charge in [-0.15, -0.1) is 0 Å². The van der Waals surface area contributed by atoms with E-state index >= 15 is 0 Å². The van der Waals surface area contributed by atoms with Crippen LogP contribution in [0, 0.1) is 6.92 Å². The third-order valence-electron chi connectivity index (χ3n) is 2.59. The molecule has 0 aliphatic heterocycles. The van der Waals surface area contributed by atoms with E-state index in [9.17, 15) is 13.2 Å². The second kappa shape index (κ2) is 5.66. The molecular weight excluding hydrogens is 291 g/mol. The predicted octanol–water partition coefficient (Wildman–Crippen LogP) is 4.07. The van der Waals surface area contributed by atoms with E-state index in [0.717, 1.165) is 12.1 Å². The van der Waals surface area contributed by atoms with Crippen LogP contribution < -0.4 is 5.32 Å². The molecule has 0 atom stereocenters. The molecule has 2 aromatic rings. The van der Waals surface area contributed by atoms with Gasteiger partial charge in [0.05, 0.1) is 28.5 Å². The lowest BCUT2D eigenvalue weighted by Gasteiger charge is -2.12. The molecule has 0 aliphatic carbocycles. The van der Waals surface area contributed by atoms with Gasteiger partial charge in [-0.2, -0.15) is 13.2 Å². The largest absolute Gasteiger partial charge is 0.416 e. The Labute approximate surface area is 118 Å². The molecule has 0 aliphatic rings. The number of benzene rings is 1. The molecule has 7 heteroatoms. The predicted molar refractivity (Wildman–Crippen MR) is 70.5 cm³/mol. The molecule has 0 radical (unpaired) electrons. The average molecular weight is 302 g/mol. The standard InChI is InChI=1S/C13H11ClF3N3/c1-8-18-5-4-10(20-8)7-19-12-6-9(13(15,16)17)2-3-11(12)14/h2-6,19H,7H2,1H3. The van der Waals surface area contributed by atoms with Gasteiger partial charge in [0.25, 0.3) is 0 Å². The lowest BCUT2D eigenvalue weighted by Crippen LogP contribution is -2.08. The van der Waals surface area contributed by atoms with E-state index in [0.29, 0.717) is 11.5 Å². The molecule has 2 rings (SSSR count). The zero-order valence-corrected chi connectivity index (χ0v) is 11.3. The van der Waals surface area contributed by atoms with E-state index in [2.05, 4.69) is 15.3 Å². The van der Waals surface area contributed by atoms with Gasteiger partial charge in [-0.1, -0.05) is 11.6 Å². The Morgan fingerprint density at radius 2 is 2.00 bits per heavy atom. The Morgan fingerprint density at radius 3 is 2.65 bits per heavy atom. The number of aromatic nitrogens is 2. The van der Waals surface area contributed by atoms with Gasteiger partial charge < -0.3 is 5.32 Å². The zero-order chi connectivity index (χ0) is 14.8. The maximum atomic E-state index is 12.6. The molecule has 20 heavy (non-hydrogen) atoms. The van der Waals surface area contributed by atoms with E-state index in [1.807, 2.05) is 0 Å². The number of nitrogens with one attached hydrogen (secondary N) is 1. The minimum Gasteiger partial charge on any atom is -0.378 e. The molecule has 0 saturated carbocycles. The molecule has 1 N–H and O–H groups in total. The lowest BCUT2D eigenvalue weighted by atomic mass is 10.2. The van der Waals surface area contributed by atoms with E-state index in [-0.39, 0.29) is 17.3 Å². The summed E-state index contributed by atoms with van der Waals surface area (Å²) in [4.78, 5) is 8.10. The number of aryl methyl sites for hydroxylation is 1. The maximum absolute atomic E-state index is 12.6. The van der Waals surface area contributed by atoms with Crippen LogP contribution >= 0.6 is 11.6 Å². The smallest absolute Gasteiger partial charge is 0.378 e. The van der Waals surface area contributed by atoms with Crippen molar-refractivity contribution in [3.8, 4) is 0 Å². The third kappa shape index (κ3) is 3.60. The molecule has 1 aromatic heterocycles. The molecule has 1 heterocycles. The number of alkyl halides is 3. The van der Waals surface area contributed by atoms with Gasteiger partial charge in [-0.25, -0.2) is 9.97 Å². The van der Waals surface area contributed by atoms with Crippen molar-refractivity contribution in [1.82, 2.24) is 9.97 Å². The van der Waals surface area contributed by atoms with Crippen molar-refractivity contribution < 1.29 is 13.2 Å². The first-order chi connectivity index (χ1) is 9.36. The van der Waals surface area contributed by atoms with Crippen LogP contribution in [0.2, 0.25) is 5.02 Å². The summed E-state index contributed by atoms with van der Waals surface area (Å²) in [5.74, 6) is 0.597. The van der Waals surface area contributed by atoms with Gasteiger partial charge >= 0.3 is 6.18 Å². The lowest BCUT2D eigenvalue weighted by molar-refractivity contribution is -0.137. The van der Waals surface area contributed by atoms with Crippen molar-refractivity contribution >= 4 is 17.3 Å². The number of halogens is 4. The van der Waals surface area contributed by atoms with E-state index < -0.39 is 11.7 Å². The van der Waals surface area contributed by atoms with E-state index in [1.54, 1.807) is 19.2 Å². The SMILES string of the molecule is Cc1nccc(CNc2cc(C(F)(F)F)ccc2Cl)n1. The van der Waals surface area contributed by atoms with Crippen LogP contribution in [0.25, 0.3) is 0 Å². The summed E-state index contributed by atoms with van der Waals surface area (Å²) < 4.78 is 37.9.